The highest BCUT2D eigenvalue weighted by Gasteiger charge is 2.30. The first-order chi connectivity index (χ1) is 43.5. The van der Waals surface area contributed by atoms with Crippen LogP contribution >= 0.6 is 0 Å². The average Bonchev–Trinajstić information content (AvgIpc) is 1.62. The lowest BCUT2D eigenvalue weighted by molar-refractivity contribution is -0.137. The van der Waals surface area contributed by atoms with Gasteiger partial charge in [-0.25, -0.2) is 29.4 Å². The van der Waals surface area contributed by atoms with E-state index in [1.54, 1.807) is 78.1 Å². The number of nitrogens with two attached hydrogens (primary N) is 2. The molecule has 29 heteroatoms. The minimum atomic E-state index is -1.01. The van der Waals surface area contributed by atoms with Crippen molar-refractivity contribution in [1.29, 1.82) is 0 Å². The van der Waals surface area contributed by atoms with Crippen LogP contribution in [0.5, 0.6) is 5.75 Å². The Labute approximate surface area is 521 Å². The van der Waals surface area contributed by atoms with Crippen molar-refractivity contribution in [2.24, 2.45) is 17.4 Å². The monoisotopic (exact) mass is 1240 g/mol. The van der Waals surface area contributed by atoms with E-state index < -0.39 is 65.4 Å². The second-order valence-electron chi connectivity index (χ2n) is 21.9. The molecule has 2 aromatic carbocycles. The molecule has 7 heterocycles. The molecule has 91 heavy (non-hydrogen) atoms. The van der Waals surface area contributed by atoms with E-state index in [0.29, 0.717) is 81.7 Å². The number of aromatic nitrogens is 10. The Kier molecular flexibility index (Phi) is 19.7. The number of rotatable bonds is 27. The molecule has 0 fully saturated rings. The number of ether oxygens (including phenoxy) is 2. The summed E-state index contributed by atoms with van der Waals surface area (Å²) in [6.07, 6.45) is 6.87. The molecule has 0 spiro atoms. The molecular weight excluding hydrogens is 1170 g/mol. The van der Waals surface area contributed by atoms with Crippen molar-refractivity contribution in [2.75, 3.05) is 37.4 Å². The molecule has 0 radical (unpaired) electrons. The van der Waals surface area contributed by atoms with Crippen LogP contribution in [0.4, 0.5) is 16.4 Å². The van der Waals surface area contributed by atoms with Gasteiger partial charge in [0.1, 0.15) is 58.5 Å². The Morgan fingerprint density at radius 3 is 2.13 bits per heavy atom. The van der Waals surface area contributed by atoms with E-state index in [2.05, 4.69) is 41.4 Å². The maximum absolute atomic E-state index is 14.0. The first-order valence-corrected chi connectivity index (χ1v) is 29.4. The molecule has 6 aromatic heterocycles. The number of primary amides is 2. The summed E-state index contributed by atoms with van der Waals surface area (Å²) in [5, 5.41) is 21.3. The number of nitrogens with zero attached hydrogens (tertiary/aromatic N) is 12. The van der Waals surface area contributed by atoms with E-state index in [1.807, 2.05) is 49.6 Å². The van der Waals surface area contributed by atoms with E-state index in [-0.39, 0.29) is 80.1 Å². The predicted octanol–water partition coefficient (Wildman–Crippen LogP) is 4.69. The number of amides is 9. The molecule has 0 saturated carbocycles. The van der Waals surface area contributed by atoms with Gasteiger partial charge in [0.15, 0.2) is 5.82 Å². The molecule has 1 aliphatic heterocycles. The largest absolute Gasteiger partial charge is 0.491 e. The molecule has 474 valence electrons. The summed E-state index contributed by atoms with van der Waals surface area (Å²) in [5.74, 6) is -3.43. The molecule has 8 aromatic rings. The van der Waals surface area contributed by atoms with Crippen molar-refractivity contribution >= 4 is 98.1 Å². The number of anilines is 2. The number of carbonyl (C=O) groups is 9. The quantitative estimate of drug-likeness (QED) is 0.0231. The van der Waals surface area contributed by atoms with Crippen molar-refractivity contribution in [2.45, 2.75) is 106 Å². The van der Waals surface area contributed by atoms with Crippen LogP contribution in [0.3, 0.4) is 0 Å². The van der Waals surface area contributed by atoms with Gasteiger partial charge in [-0.2, -0.15) is 10.2 Å². The zero-order valence-corrected chi connectivity index (χ0v) is 51.5. The van der Waals surface area contributed by atoms with Gasteiger partial charge in [-0.15, -0.1) is 0 Å². The Morgan fingerprint density at radius 2 is 1.45 bits per heavy atom. The number of fused-ring (bicyclic) bond motifs is 4. The lowest BCUT2D eigenvalue weighted by Gasteiger charge is -2.24. The van der Waals surface area contributed by atoms with Gasteiger partial charge < -0.3 is 50.9 Å². The zero-order valence-electron chi connectivity index (χ0n) is 51.5. The van der Waals surface area contributed by atoms with Gasteiger partial charge in [-0.1, -0.05) is 38.1 Å². The van der Waals surface area contributed by atoms with Gasteiger partial charge in [0.25, 0.3) is 17.7 Å². The van der Waals surface area contributed by atoms with Gasteiger partial charge in [0.05, 0.1) is 23.4 Å². The van der Waals surface area contributed by atoms with E-state index in [4.69, 9.17) is 30.9 Å². The number of carbonyl (C=O) groups excluding carboxylic acids is 9. The highest BCUT2D eigenvalue weighted by molar-refractivity contribution is 6.13. The molecule has 1 aliphatic rings. The minimum Gasteiger partial charge on any atom is -0.491 e. The molecule has 2 atom stereocenters. The first kappa shape index (κ1) is 64.3. The molecule has 8 N–H and O–H groups in total. The maximum atomic E-state index is 14.0. The Morgan fingerprint density at radius 1 is 0.747 bits per heavy atom. The normalized spacial score (nSPS) is 13.0. The molecule has 0 aliphatic carbocycles. The summed E-state index contributed by atoms with van der Waals surface area (Å²) in [4.78, 5) is 137. The minimum absolute atomic E-state index is 0.0453. The van der Waals surface area contributed by atoms with Crippen molar-refractivity contribution < 1.29 is 52.6 Å². The maximum Gasteiger partial charge on any atom is 0.409 e. The van der Waals surface area contributed by atoms with Crippen LogP contribution in [0.2, 0.25) is 0 Å². The van der Waals surface area contributed by atoms with Gasteiger partial charge in [0.2, 0.25) is 35.5 Å². The lowest BCUT2D eigenvalue weighted by Crippen LogP contribution is -2.54. The second-order valence-corrected chi connectivity index (χ2v) is 21.9. The van der Waals surface area contributed by atoms with E-state index in [1.165, 1.54) is 30.2 Å². The number of hydrogen-bond acceptors (Lipinski definition) is 17. The highest BCUT2D eigenvalue weighted by atomic mass is 16.6. The van der Waals surface area contributed by atoms with Gasteiger partial charge in [-0.3, -0.25) is 53.3 Å². The predicted molar refractivity (Wildman–Crippen MR) is 334 cm³/mol. The molecule has 9 amide bonds. The fraction of sp³-hybridized carbons (Fsp3) is 0.339. The van der Waals surface area contributed by atoms with Crippen LogP contribution in [-0.2, 0) is 61.5 Å². The molecule has 0 unspecified atom stereocenters. The molecule has 0 saturated heterocycles. The molecule has 0 bridgehead atoms. The third-order valence-corrected chi connectivity index (χ3v) is 14.9. The van der Waals surface area contributed by atoms with Crippen LogP contribution in [0.25, 0.3) is 44.6 Å². The summed E-state index contributed by atoms with van der Waals surface area (Å²) in [6.45, 7) is 13.7. The number of aryl methyl sites for hydroxylation is 4. The van der Waals surface area contributed by atoms with Gasteiger partial charge in [-0.05, 0) is 101 Å². The summed E-state index contributed by atoms with van der Waals surface area (Å²) >= 11 is 0. The van der Waals surface area contributed by atoms with Crippen molar-refractivity contribution in [3.05, 3.63) is 125 Å². The third-order valence-electron chi connectivity index (χ3n) is 14.9. The van der Waals surface area contributed by atoms with E-state index in [0.717, 1.165) is 22.4 Å². The number of hydrogen-bond donors (Lipinski definition) is 6. The Hall–Kier alpha value is -11.1. The smallest absolute Gasteiger partial charge is 0.409 e. The number of benzene rings is 2. The number of imidazole rings is 1. The number of nitrogens with one attached hydrogen (secondary N) is 4. The average molecular weight is 1240 g/mol. The fourth-order valence-corrected chi connectivity index (χ4v) is 10.2. The van der Waals surface area contributed by atoms with E-state index in [9.17, 15) is 43.2 Å². The van der Waals surface area contributed by atoms with Crippen molar-refractivity contribution in [3.8, 4) is 17.3 Å². The standard InChI is InChI=1S/C62H70N18O11/c1-9-79-46(28-35(5)73-79)59(87)72-61-70-45-30-39(53(63)84)31-47(52(45)77(61)24-11-12-25-78-55-43(29-40(32-65-55)54(64)85)42-18-19-44(69-56(42)78)57-67-37(7)74-80(57)10-2)90-27-13-23-75(8)62(89)91-33-38-14-16-41(17-15-38)68-58(86)36(6)66-60(88)51(34(3)4)71-48(81)22-26-76-49(82)20-21-50(76)83/h11-12,14-21,28-32,34,36,51H,9-10,13,22-27,33H2,1-8H3,(H2,63,84)(H2,64,85)(H,66,88)(H,68,86)(H,71,81)(H,70,72,87)/b12-11+/t36-,51-/m0/s1. The van der Waals surface area contributed by atoms with Gasteiger partial charge in [0, 0.05) is 93.1 Å². The Balaban J connectivity index is 0.849. The summed E-state index contributed by atoms with van der Waals surface area (Å²) in [6, 6.07) is 14.6. The topological polar surface area (TPSA) is 376 Å². The Bertz CT molecular complexity index is 4210. The third kappa shape index (κ3) is 14.7. The zero-order chi connectivity index (χ0) is 65.4. The number of imide groups is 1. The summed E-state index contributed by atoms with van der Waals surface area (Å²) in [5.41, 5.74) is 16.2. The summed E-state index contributed by atoms with van der Waals surface area (Å²) < 4.78 is 19.0. The van der Waals surface area contributed by atoms with Gasteiger partial charge >= 0.3 is 6.09 Å². The van der Waals surface area contributed by atoms with Crippen LogP contribution < -0.4 is 37.5 Å². The fourth-order valence-electron chi connectivity index (χ4n) is 10.2. The van der Waals surface area contributed by atoms with Crippen LogP contribution in [0.15, 0.2) is 91.2 Å². The lowest BCUT2D eigenvalue weighted by atomic mass is 10.0. The van der Waals surface area contributed by atoms with E-state index >= 15 is 0 Å². The highest BCUT2D eigenvalue weighted by Crippen LogP contribution is 2.33. The summed E-state index contributed by atoms with van der Waals surface area (Å²) in [7, 11) is 1.56. The first-order valence-electron chi connectivity index (χ1n) is 29.4. The number of allylic oxidation sites excluding steroid dienone is 2. The molecular formula is C62H70N18O11. The number of pyridine rings is 2. The van der Waals surface area contributed by atoms with Crippen molar-refractivity contribution in [3.63, 3.8) is 0 Å². The SMILES string of the molecule is CCn1nc(C)cc1C(=O)Nc1nc2cc(C(N)=O)cc(OCCCN(C)C(=O)OCc3ccc(NC(=O)[C@H](C)NC(=O)[C@@H](NC(=O)CCN4C(=O)C=CC4=O)C(C)C)cc3)c2n1C/C=C/Cn1c2ncc(C(N)=O)cc2c2ccc(-c3nc(C)nn3CC)nc21. The van der Waals surface area contributed by atoms with Crippen LogP contribution in [-0.4, -0.2) is 151 Å². The van der Waals surface area contributed by atoms with Crippen LogP contribution in [0.1, 0.15) is 95.7 Å². The second kappa shape index (κ2) is 27.9. The molecule has 29 nitrogen and oxygen atoms in total. The molecule has 9 rings (SSSR count). The van der Waals surface area contributed by atoms with Crippen LogP contribution in [0, 0.1) is 19.8 Å². The van der Waals surface area contributed by atoms with Crippen molar-refractivity contribution in [1.82, 2.24) is 69.1 Å².